The van der Waals surface area contributed by atoms with Crippen LogP contribution >= 0.6 is 0 Å². The number of benzene rings is 2. The number of fused-ring (bicyclic) bond motifs is 3. The average Bonchev–Trinajstić information content (AvgIpc) is 3.06. The Morgan fingerprint density at radius 3 is 2.79 bits per heavy atom. The van der Waals surface area contributed by atoms with Gasteiger partial charge in [-0.15, -0.1) is 0 Å². The van der Waals surface area contributed by atoms with E-state index in [0.717, 1.165) is 49.7 Å². The molecule has 3 aliphatic heterocycles. The summed E-state index contributed by atoms with van der Waals surface area (Å²) in [5.74, 6) is 2.31. The number of nitrogens with zero attached hydrogens (tertiary/aromatic N) is 2. The minimum absolute atomic E-state index is 0.105. The quantitative estimate of drug-likeness (QED) is 0.765. The van der Waals surface area contributed by atoms with Crippen LogP contribution in [0.5, 0.6) is 11.5 Å². The van der Waals surface area contributed by atoms with Crippen molar-refractivity contribution in [1.82, 2.24) is 4.90 Å². The van der Waals surface area contributed by atoms with Gasteiger partial charge in [0.15, 0.2) is 0 Å². The maximum atomic E-state index is 12.1. The molecule has 1 amide bonds. The molecule has 3 aliphatic rings. The molecule has 3 heterocycles. The summed E-state index contributed by atoms with van der Waals surface area (Å²) in [5, 5.41) is 3.04. The summed E-state index contributed by atoms with van der Waals surface area (Å²) in [6.07, 6.45) is 2.10. The van der Waals surface area contributed by atoms with Crippen molar-refractivity contribution in [3.8, 4) is 11.5 Å². The van der Waals surface area contributed by atoms with E-state index in [9.17, 15) is 4.79 Å². The molecule has 0 spiro atoms. The van der Waals surface area contributed by atoms with Crippen LogP contribution in [-0.4, -0.2) is 56.7 Å². The fraction of sp³-hybridized carbons (Fsp3) is 0.435. The van der Waals surface area contributed by atoms with Crippen molar-refractivity contribution < 1.29 is 14.3 Å². The van der Waals surface area contributed by atoms with E-state index in [0.29, 0.717) is 25.1 Å². The Bertz CT molecular complexity index is 899. The molecule has 2 atom stereocenters. The highest BCUT2D eigenvalue weighted by molar-refractivity contribution is 6.03. The summed E-state index contributed by atoms with van der Waals surface area (Å²) in [6.45, 7) is 4.36. The number of carbonyl (C=O) groups is 1. The van der Waals surface area contributed by atoms with Gasteiger partial charge >= 0.3 is 0 Å². The molecule has 5 rings (SSSR count). The van der Waals surface area contributed by atoms with Crippen molar-refractivity contribution in [2.24, 2.45) is 0 Å². The van der Waals surface area contributed by atoms with Gasteiger partial charge in [-0.25, -0.2) is 0 Å². The Morgan fingerprint density at radius 1 is 1.14 bits per heavy atom. The molecule has 2 aromatic rings. The fourth-order valence-electron chi connectivity index (χ4n) is 5.03. The normalized spacial score (nSPS) is 22.7. The van der Waals surface area contributed by atoms with Gasteiger partial charge in [-0.3, -0.25) is 4.79 Å². The highest BCUT2D eigenvalue weighted by Crippen LogP contribution is 2.49. The fourth-order valence-corrected chi connectivity index (χ4v) is 5.03. The van der Waals surface area contributed by atoms with Crippen LogP contribution in [0.25, 0.3) is 0 Å². The number of carbonyl (C=O) groups excluding carboxylic acids is 1. The standard InChI is InChI=1S/C23H27N3O3/c1-28-16-6-8-17(9-7-16)29-13-3-11-25-12-10-21-19(14-25)18-4-2-5-20-23(18)26(21)15-22(27)24-20/h2,4-9,19,21H,3,10-15H2,1H3,(H,24,27)/t19-,21-/m0/s1. The van der Waals surface area contributed by atoms with E-state index >= 15 is 0 Å². The second-order valence-electron chi connectivity index (χ2n) is 8.06. The molecule has 0 radical (unpaired) electrons. The van der Waals surface area contributed by atoms with Gasteiger partial charge < -0.3 is 24.6 Å². The van der Waals surface area contributed by atoms with Gasteiger partial charge in [0.1, 0.15) is 11.5 Å². The first kappa shape index (κ1) is 18.3. The largest absolute Gasteiger partial charge is 0.497 e. The maximum Gasteiger partial charge on any atom is 0.243 e. The molecule has 0 unspecified atom stereocenters. The molecular weight excluding hydrogens is 366 g/mol. The summed E-state index contributed by atoms with van der Waals surface area (Å²) in [5.41, 5.74) is 3.63. The minimum Gasteiger partial charge on any atom is -0.497 e. The molecule has 2 aromatic carbocycles. The van der Waals surface area contributed by atoms with Crippen molar-refractivity contribution in [2.45, 2.75) is 24.8 Å². The van der Waals surface area contributed by atoms with Crippen LogP contribution < -0.4 is 19.7 Å². The number of methoxy groups -OCH3 is 1. The van der Waals surface area contributed by atoms with E-state index in [1.165, 1.54) is 11.3 Å². The second-order valence-corrected chi connectivity index (χ2v) is 8.06. The van der Waals surface area contributed by atoms with Crippen LogP contribution in [-0.2, 0) is 4.79 Å². The summed E-state index contributed by atoms with van der Waals surface area (Å²) >= 11 is 0. The zero-order valence-electron chi connectivity index (χ0n) is 16.8. The Hall–Kier alpha value is -2.73. The Balaban J connectivity index is 1.18. The number of hydrogen-bond acceptors (Lipinski definition) is 5. The number of amides is 1. The van der Waals surface area contributed by atoms with Crippen LogP contribution in [0.2, 0.25) is 0 Å². The molecule has 6 nitrogen and oxygen atoms in total. The molecule has 29 heavy (non-hydrogen) atoms. The topological polar surface area (TPSA) is 54.0 Å². The lowest BCUT2D eigenvalue weighted by atomic mass is 9.89. The lowest BCUT2D eigenvalue weighted by Crippen LogP contribution is -2.49. The molecule has 152 valence electrons. The third kappa shape index (κ3) is 3.42. The third-order valence-electron chi connectivity index (χ3n) is 6.35. The zero-order chi connectivity index (χ0) is 19.8. The summed E-state index contributed by atoms with van der Waals surface area (Å²) < 4.78 is 11.1. The Kier molecular flexibility index (Phi) is 4.79. The van der Waals surface area contributed by atoms with E-state index in [-0.39, 0.29) is 5.91 Å². The Morgan fingerprint density at radius 2 is 1.97 bits per heavy atom. The highest BCUT2D eigenvalue weighted by atomic mass is 16.5. The number of hydrogen-bond donors (Lipinski definition) is 1. The number of para-hydroxylation sites is 1. The number of ether oxygens (including phenoxy) is 2. The first-order chi connectivity index (χ1) is 14.2. The van der Waals surface area contributed by atoms with E-state index in [1.807, 2.05) is 30.3 Å². The molecule has 1 fully saturated rings. The minimum atomic E-state index is 0.105. The first-order valence-corrected chi connectivity index (χ1v) is 10.4. The smallest absolute Gasteiger partial charge is 0.243 e. The number of anilines is 2. The van der Waals surface area contributed by atoms with Gasteiger partial charge in [0, 0.05) is 31.6 Å². The van der Waals surface area contributed by atoms with Gasteiger partial charge in [-0.2, -0.15) is 0 Å². The van der Waals surface area contributed by atoms with E-state index in [1.54, 1.807) is 7.11 Å². The van der Waals surface area contributed by atoms with Crippen molar-refractivity contribution in [2.75, 3.05) is 50.1 Å². The predicted molar refractivity (Wildman–Crippen MR) is 113 cm³/mol. The first-order valence-electron chi connectivity index (χ1n) is 10.4. The van der Waals surface area contributed by atoms with Crippen LogP contribution in [0.4, 0.5) is 11.4 Å². The Labute approximate surface area is 171 Å². The monoisotopic (exact) mass is 393 g/mol. The van der Waals surface area contributed by atoms with Crippen molar-refractivity contribution in [1.29, 1.82) is 0 Å². The van der Waals surface area contributed by atoms with Gasteiger partial charge in [0.25, 0.3) is 0 Å². The summed E-state index contributed by atoms with van der Waals surface area (Å²) in [6, 6.07) is 14.5. The third-order valence-corrected chi connectivity index (χ3v) is 6.35. The summed E-state index contributed by atoms with van der Waals surface area (Å²) in [7, 11) is 1.67. The van der Waals surface area contributed by atoms with Crippen LogP contribution in [0.1, 0.15) is 24.3 Å². The number of nitrogens with one attached hydrogen (secondary N) is 1. The zero-order valence-corrected chi connectivity index (χ0v) is 16.8. The van der Waals surface area contributed by atoms with Crippen LogP contribution in [0, 0.1) is 0 Å². The molecule has 0 bridgehead atoms. The van der Waals surface area contributed by atoms with Gasteiger partial charge in [-0.1, -0.05) is 12.1 Å². The maximum absolute atomic E-state index is 12.1. The molecular formula is C23H27N3O3. The SMILES string of the molecule is COc1ccc(OCCCN2CC[C@H]3[C@@H](C2)c2cccc4c2N3CC(=O)N4)cc1. The molecule has 0 saturated carbocycles. The van der Waals surface area contributed by atoms with Crippen molar-refractivity contribution in [3.05, 3.63) is 48.0 Å². The molecule has 1 saturated heterocycles. The van der Waals surface area contributed by atoms with Gasteiger partial charge in [0.05, 0.1) is 31.6 Å². The van der Waals surface area contributed by atoms with Crippen LogP contribution in [0.3, 0.4) is 0 Å². The van der Waals surface area contributed by atoms with E-state index in [4.69, 9.17) is 9.47 Å². The van der Waals surface area contributed by atoms with Crippen LogP contribution in [0.15, 0.2) is 42.5 Å². The molecule has 0 aromatic heterocycles. The number of rotatable bonds is 6. The molecule has 1 N–H and O–H groups in total. The average molecular weight is 393 g/mol. The lowest BCUT2D eigenvalue weighted by Gasteiger charge is -2.39. The van der Waals surface area contributed by atoms with E-state index in [2.05, 4.69) is 27.2 Å². The van der Waals surface area contributed by atoms with Gasteiger partial charge in [-0.05, 0) is 48.7 Å². The lowest BCUT2D eigenvalue weighted by molar-refractivity contribution is -0.115. The predicted octanol–water partition coefficient (Wildman–Crippen LogP) is 3.09. The van der Waals surface area contributed by atoms with Crippen molar-refractivity contribution >= 4 is 17.3 Å². The van der Waals surface area contributed by atoms with Gasteiger partial charge in [0.2, 0.25) is 5.91 Å². The highest BCUT2D eigenvalue weighted by Gasteiger charge is 2.44. The molecule has 0 aliphatic carbocycles. The summed E-state index contributed by atoms with van der Waals surface area (Å²) in [4.78, 5) is 17.0. The number of likely N-dealkylation sites (tertiary alicyclic amines) is 1. The van der Waals surface area contributed by atoms with E-state index < -0.39 is 0 Å². The van der Waals surface area contributed by atoms with Crippen molar-refractivity contribution in [3.63, 3.8) is 0 Å². The second kappa shape index (κ2) is 7.59. The molecule has 6 heteroatoms. The number of piperidine rings is 1.